The van der Waals surface area contributed by atoms with E-state index in [4.69, 9.17) is 4.42 Å². The maximum absolute atomic E-state index is 14.3. The smallest absolute Gasteiger partial charge is 0.393 e. The molecule has 0 aliphatic rings. The number of hydrogen-bond acceptors (Lipinski definition) is 4. The summed E-state index contributed by atoms with van der Waals surface area (Å²) in [5.41, 5.74) is 0.426. The molecule has 1 aromatic carbocycles. The first-order chi connectivity index (χ1) is 13.8. The molecule has 0 aliphatic heterocycles. The zero-order valence-electron chi connectivity index (χ0n) is 14.6. The van der Waals surface area contributed by atoms with Crippen LogP contribution in [-0.2, 0) is 6.42 Å². The molecule has 4 rings (SSSR count). The van der Waals surface area contributed by atoms with E-state index in [0.29, 0.717) is 5.39 Å². The molecule has 0 spiro atoms. The number of furan rings is 1. The van der Waals surface area contributed by atoms with Gasteiger partial charge in [0, 0.05) is 23.5 Å². The number of aromatic nitrogens is 3. The molecule has 10 heteroatoms. The molecule has 0 radical (unpaired) electrons. The van der Waals surface area contributed by atoms with Crippen LogP contribution in [0.1, 0.15) is 16.1 Å². The van der Waals surface area contributed by atoms with Crippen molar-refractivity contribution in [1.29, 1.82) is 0 Å². The molecular weight excluding hydrogens is 392 g/mol. The number of carbonyl (C=O) groups excluding carboxylic acids is 1. The van der Waals surface area contributed by atoms with Crippen molar-refractivity contribution in [2.75, 3.05) is 5.32 Å². The Balaban J connectivity index is 1.65. The number of hydrogen-bond donors (Lipinski definition) is 1. The largest absolute Gasteiger partial charge is 0.459 e. The van der Waals surface area contributed by atoms with Crippen LogP contribution in [0.25, 0.3) is 16.7 Å². The molecule has 0 saturated heterocycles. The Morgan fingerprint density at radius 2 is 2.03 bits per heavy atom. The summed E-state index contributed by atoms with van der Waals surface area (Å²) in [6, 6.07) is 8.19. The molecule has 148 valence electrons. The molecule has 0 saturated carbocycles. The molecule has 0 bridgehead atoms. The lowest BCUT2D eigenvalue weighted by atomic mass is 10.2. The normalized spacial score (nSPS) is 11.7. The average Bonchev–Trinajstić information content (AvgIpc) is 3.31. The van der Waals surface area contributed by atoms with Gasteiger partial charge in [-0.3, -0.25) is 4.79 Å². The van der Waals surface area contributed by atoms with E-state index in [-0.39, 0.29) is 28.3 Å². The van der Waals surface area contributed by atoms with Crippen molar-refractivity contribution in [1.82, 2.24) is 14.8 Å². The Labute approximate surface area is 160 Å². The van der Waals surface area contributed by atoms with Gasteiger partial charge in [0.15, 0.2) is 11.4 Å². The van der Waals surface area contributed by atoms with Crippen LogP contribution in [0, 0.1) is 5.82 Å². The first kappa shape index (κ1) is 18.7. The first-order valence-corrected chi connectivity index (χ1v) is 8.34. The van der Waals surface area contributed by atoms with E-state index in [1.165, 1.54) is 36.7 Å². The van der Waals surface area contributed by atoms with E-state index < -0.39 is 24.3 Å². The Morgan fingerprint density at radius 1 is 1.21 bits per heavy atom. The van der Waals surface area contributed by atoms with Crippen molar-refractivity contribution in [3.63, 3.8) is 0 Å². The van der Waals surface area contributed by atoms with Crippen LogP contribution in [0.2, 0.25) is 0 Å². The van der Waals surface area contributed by atoms with Gasteiger partial charge in [0.2, 0.25) is 0 Å². The SMILES string of the molecule is O=C(Nc1ccc(F)c(-n2cc3cc(CC(F)(F)F)cnc3n2)c1)c1ccco1. The molecule has 29 heavy (non-hydrogen) atoms. The third-order valence-electron chi connectivity index (χ3n) is 4.02. The van der Waals surface area contributed by atoms with Crippen molar-refractivity contribution in [2.45, 2.75) is 12.6 Å². The number of anilines is 1. The summed E-state index contributed by atoms with van der Waals surface area (Å²) in [4.78, 5) is 16.0. The Hall–Kier alpha value is -3.69. The number of rotatable bonds is 4. The van der Waals surface area contributed by atoms with Crippen LogP contribution in [0.15, 0.2) is 59.5 Å². The van der Waals surface area contributed by atoms with Gasteiger partial charge in [0.25, 0.3) is 5.91 Å². The lowest BCUT2D eigenvalue weighted by Gasteiger charge is -2.07. The number of carbonyl (C=O) groups is 1. The van der Waals surface area contributed by atoms with Crippen LogP contribution in [0.3, 0.4) is 0 Å². The molecule has 0 fully saturated rings. The molecule has 4 aromatic rings. The zero-order chi connectivity index (χ0) is 20.6. The van der Waals surface area contributed by atoms with Crippen LogP contribution < -0.4 is 5.32 Å². The summed E-state index contributed by atoms with van der Waals surface area (Å²) < 4.78 is 58.2. The van der Waals surface area contributed by atoms with Gasteiger partial charge in [-0.1, -0.05) is 0 Å². The van der Waals surface area contributed by atoms with Crippen molar-refractivity contribution in [3.8, 4) is 5.69 Å². The molecule has 3 aromatic heterocycles. The number of amides is 1. The maximum atomic E-state index is 14.3. The standard InChI is InChI=1S/C19H12F4N4O2/c20-14-4-3-13(25-18(28)16-2-1-5-29-16)7-15(14)27-10-12-6-11(8-19(21,22)23)9-24-17(12)26-27/h1-7,9-10H,8H2,(H,25,28). The van der Waals surface area contributed by atoms with Gasteiger partial charge in [-0.15, -0.1) is 5.10 Å². The van der Waals surface area contributed by atoms with Crippen molar-refractivity contribution >= 4 is 22.6 Å². The molecule has 0 aliphatic carbocycles. The van der Waals surface area contributed by atoms with Gasteiger partial charge < -0.3 is 9.73 Å². The second-order valence-electron chi connectivity index (χ2n) is 6.22. The number of benzene rings is 1. The number of halogens is 4. The molecule has 0 unspecified atom stereocenters. The molecule has 3 heterocycles. The Morgan fingerprint density at radius 3 is 2.76 bits per heavy atom. The number of nitrogens with zero attached hydrogens (tertiary/aromatic N) is 3. The summed E-state index contributed by atoms with van der Waals surface area (Å²) in [7, 11) is 0. The topological polar surface area (TPSA) is 73.0 Å². The van der Waals surface area contributed by atoms with E-state index in [9.17, 15) is 22.4 Å². The third-order valence-corrected chi connectivity index (χ3v) is 4.02. The fourth-order valence-electron chi connectivity index (χ4n) is 2.78. The fraction of sp³-hybridized carbons (Fsp3) is 0.105. The summed E-state index contributed by atoms with van der Waals surface area (Å²) >= 11 is 0. The van der Waals surface area contributed by atoms with Gasteiger partial charge in [0.1, 0.15) is 11.5 Å². The third kappa shape index (κ3) is 4.10. The monoisotopic (exact) mass is 404 g/mol. The van der Waals surface area contributed by atoms with Crippen LogP contribution in [0.4, 0.5) is 23.2 Å². The number of pyridine rings is 1. The van der Waals surface area contributed by atoms with Gasteiger partial charge in [0.05, 0.1) is 12.7 Å². The van der Waals surface area contributed by atoms with E-state index in [2.05, 4.69) is 15.4 Å². The summed E-state index contributed by atoms with van der Waals surface area (Å²) in [5, 5.41) is 7.00. The van der Waals surface area contributed by atoms with Gasteiger partial charge in [-0.2, -0.15) is 13.2 Å². The first-order valence-electron chi connectivity index (χ1n) is 8.34. The molecule has 1 amide bonds. The predicted molar refractivity (Wildman–Crippen MR) is 95.2 cm³/mol. The number of fused-ring (bicyclic) bond motifs is 1. The maximum Gasteiger partial charge on any atom is 0.393 e. The molecule has 0 atom stereocenters. The molecule has 6 nitrogen and oxygen atoms in total. The lowest BCUT2D eigenvalue weighted by Crippen LogP contribution is -2.11. The minimum Gasteiger partial charge on any atom is -0.459 e. The number of nitrogens with one attached hydrogen (secondary N) is 1. The highest BCUT2D eigenvalue weighted by atomic mass is 19.4. The minimum absolute atomic E-state index is 0.00221. The van der Waals surface area contributed by atoms with Crippen LogP contribution >= 0.6 is 0 Å². The summed E-state index contributed by atoms with van der Waals surface area (Å²) in [6.07, 6.45) is -1.68. The highest BCUT2D eigenvalue weighted by molar-refractivity contribution is 6.02. The highest BCUT2D eigenvalue weighted by Crippen LogP contribution is 2.24. The van der Waals surface area contributed by atoms with E-state index in [0.717, 1.165) is 16.9 Å². The van der Waals surface area contributed by atoms with E-state index in [1.807, 2.05) is 0 Å². The summed E-state index contributed by atoms with van der Waals surface area (Å²) in [5.74, 6) is -1.07. The quantitative estimate of drug-likeness (QED) is 0.508. The van der Waals surface area contributed by atoms with Crippen molar-refractivity contribution in [3.05, 3.63) is 72.2 Å². The molecule has 1 N–H and O–H groups in total. The van der Waals surface area contributed by atoms with E-state index >= 15 is 0 Å². The van der Waals surface area contributed by atoms with E-state index in [1.54, 1.807) is 6.07 Å². The Kier molecular flexibility index (Phi) is 4.53. The summed E-state index contributed by atoms with van der Waals surface area (Å²) in [6.45, 7) is 0. The molecular formula is C19H12F4N4O2. The Bertz CT molecular complexity index is 1180. The van der Waals surface area contributed by atoms with Gasteiger partial charge in [-0.05, 0) is 42.0 Å². The predicted octanol–water partition coefficient (Wildman–Crippen LogP) is 4.51. The fourth-order valence-corrected chi connectivity index (χ4v) is 2.78. The van der Waals surface area contributed by atoms with Crippen molar-refractivity contribution in [2.24, 2.45) is 0 Å². The zero-order valence-corrected chi connectivity index (χ0v) is 14.6. The second-order valence-corrected chi connectivity index (χ2v) is 6.22. The van der Waals surface area contributed by atoms with Crippen LogP contribution in [-0.4, -0.2) is 26.8 Å². The van der Waals surface area contributed by atoms with Crippen molar-refractivity contribution < 1.29 is 26.8 Å². The lowest BCUT2D eigenvalue weighted by molar-refractivity contribution is -0.127. The highest BCUT2D eigenvalue weighted by Gasteiger charge is 2.28. The number of alkyl halides is 3. The second kappa shape index (κ2) is 7.04. The van der Waals surface area contributed by atoms with Gasteiger partial charge >= 0.3 is 6.18 Å². The van der Waals surface area contributed by atoms with Crippen LogP contribution in [0.5, 0.6) is 0 Å². The minimum atomic E-state index is -4.36. The average molecular weight is 404 g/mol. The van der Waals surface area contributed by atoms with Gasteiger partial charge in [-0.25, -0.2) is 14.1 Å².